The van der Waals surface area contributed by atoms with Crippen LogP contribution in [0.15, 0.2) is 36.7 Å². The fourth-order valence-electron chi connectivity index (χ4n) is 1.67. The highest BCUT2D eigenvalue weighted by Crippen LogP contribution is 2.10. The summed E-state index contributed by atoms with van der Waals surface area (Å²) in [5.74, 6) is 0. The first-order valence-corrected chi connectivity index (χ1v) is 5.72. The van der Waals surface area contributed by atoms with E-state index in [4.69, 9.17) is 5.11 Å². The first-order valence-electron chi connectivity index (χ1n) is 5.72. The summed E-state index contributed by atoms with van der Waals surface area (Å²) in [5.41, 5.74) is 3.40. The minimum atomic E-state index is 0. The van der Waals surface area contributed by atoms with E-state index in [1.807, 2.05) is 29.2 Å². The Labute approximate surface area is 113 Å². The fourth-order valence-corrected chi connectivity index (χ4v) is 1.67. The standard InChI is InChI=1S/C13H17N3O.ClH/c1-11-3-2-4-13(7-11)16-10-12(9-15-16)8-14-5-6-17;/h2-4,7,9-10,14,17H,5-6,8H2,1H3;1H. The van der Waals surface area contributed by atoms with Crippen molar-refractivity contribution in [2.75, 3.05) is 13.2 Å². The lowest BCUT2D eigenvalue weighted by molar-refractivity contribution is 0.292. The van der Waals surface area contributed by atoms with Crippen molar-refractivity contribution in [3.05, 3.63) is 47.8 Å². The van der Waals surface area contributed by atoms with Gasteiger partial charge in [-0.3, -0.25) is 0 Å². The van der Waals surface area contributed by atoms with Crippen LogP contribution in [-0.4, -0.2) is 28.0 Å². The molecule has 1 aromatic heterocycles. The molecule has 2 rings (SSSR count). The maximum absolute atomic E-state index is 8.67. The highest BCUT2D eigenvalue weighted by atomic mass is 35.5. The van der Waals surface area contributed by atoms with Crippen molar-refractivity contribution in [3.8, 4) is 5.69 Å². The van der Waals surface area contributed by atoms with Crippen LogP contribution in [0.3, 0.4) is 0 Å². The molecule has 0 unspecified atom stereocenters. The molecule has 0 saturated heterocycles. The van der Waals surface area contributed by atoms with Crippen LogP contribution >= 0.6 is 12.4 Å². The first kappa shape index (κ1) is 14.7. The van der Waals surface area contributed by atoms with Crippen LogP contribution in [0, 0.1) is 6.92 Å². The molecule has 0 aliphatic heterocycles. The van der Waals surface area contributed by atoms with Gasteiger partial charge in [-0.2, -0.15) is 5.10 Å². The van der Waals surface area contributed by atoms with Gasteiger partial charge in [0.1, 0.15) is 0 Å². The molecule has 5 heteroatoms. The molecule has 1 heterocycles. The van der Waals surface area contributed by atoms with Gasteiger partial charge < -0.3 is 10.4 Å². The monoisotopic (exact) mass is 267 g/mol. The molecule has 0 amide bonds. The zero-order valence-corrected chi connectivity index (χ0v) is 11.2. The molecule has 0 spiro atoms. The number of aromatic nitrogens is 2. The van der Waals surface area contributed by atoms with Crippen molar-refractivity contribution in [1.82, 2.24) is 15.1 Å². The Morgan fingerprint density at radius 2 is 2.22 bits per heavy atom. The zero-order chi connectivity index (χ0) is 12.1. The summed E-state index contributed by atoms with van der Waals surface area (Å²) in [7, 11) is 0. The molecular weight excluding hydrogens is 250 g/mol. The highest BCUT2D eigenvalue weighted by Gasteiger charge is 2.00. The normalized spacial score (nSPS) is 10.1. The van der Waals surface area contributed by atoms with Crippen molar-refractivity contribution in [2.45, 2.75) is 13.5 Å². The Balaban J connectivity index is 0.00000162. The molecule has 0 aliphatic rings. The average molecular weight is 268 g/mol. The van der Waals surface area contributed by atoms with E-state index in [1.165, 1.54) is 5.56 Å². The Hall–Kier alpha value is -1.36. The van der Waals surface area contributed by atoms with Gasteiger partial charge >= 0.3 is 0 Å². The van der Waals surface area contributed by atoms with Gasteiger partial charge in [0.25, 0.3) is 0 Å². The summed E-state index contributed by atoms with van der Waals surface area (Å²) in [6, 6.07) is 8.22. The quantitative estimate of drug-likeness (QED) is 0.811. The number of nitrogens with one attached hydrogen (secondary N) is 1. The number of aryl methyl sites for hydroxylation is 1. The van der Waals surface area contributed by atoms with Crippen LogP contribution in [0.4, 0.5) is 0 Å². The van der Waals surface area contributed by atoms with Gasteiger partial charge in [0.2, 0.25) is 0 Å². The molecule has 0 radical (unpaired) electrons. The second-order valence-electron chi connectivity index (χ2n) is 4.03. The summed E-state index contributed by atoms with van der Waals surface area (Å²) in [4.78, 5) is 0. The lowest BCUT2D eigenvalue weighted by Crippen LogP contribution is -2.17. The van der Waals surface area contributed by atoms with E-state index < -0.39 is 0 Å². The third kappa shape index (κ3) is 3.84. The van der Waals surface area contributed by atoms with E-state index in [0.29, 0.717) is 6.54 Å². The molecule has 18 heavy (non-hydrogen) atoms. The van der Waals surface area contributed by atoms with Crippen LogP contribution in [-0.2, 0) is 6.54 Å². The Morgan fingerprint density at radius 1 is 1.39 bits per heavy atom. The molecule has 2 aromatic rings. The number of aliphatic hydroxyl groups excluding tert-OH is 1. The van der Waals surface area contributed by atoms with Gasteiger partial charge in [0, 0.05) is 24.8 Å². The number of rotatable bonds is 5. The highest BCUT2D eigenvalue weighted by molar-refractivity contribution is 5.85. The number of halogens is 1. The molecule has 4 nitrogen and oxygen atoms in total. The van der Waals surface area contributed by atoms with E-state index in [2.05, 4.69) is 29.5 Å². The van der Waals surface area contributed by atoms with Gasteiger partial charge in [-0.05, 0) is 24.6 Å². The predicted molar refractivity (Wildman–Crippen MR) is 74.3 cm³/mol. The largest absolute Gasteiger partial charge is 0.395 e. The first-order chi connectivity index (χ1) is 8.29. The van der Waals surface area contributed by atoms with Gasteiger partial charge in [0.05, 0.1) is 18.5 Å². The minimum absolute atomic E-state index is 0. The van der Waals surface area contributed by atoms with E-state index in [1.54, 1.807) is 0 Å². The maximum Gasteiger partial charge on any atom is 0.0648 e. The molecule has 1 aromatic carbocycles. The summed E-state index contributed by atoms with van der Waals surface area (Å²) < 4.78 is 1.86. The summed E-state index contributed by atoms with van der Waals surface area (Å²) in [6.07, 6.45) is 3.84. The van der Waals surface area contributed by atoms with Crippen LogP contribution < -0.4 is 5.32 Å². The number of benzene rings is 1. The Morgan fingerprint density at radius 3 is 2.94 bits per heavy atom. The molecule has 0 atom stereocenters. The summed E-state index contributed by atoms with van der Waals surface area (Å²) in [5, 5.41) is 16.1. The lowest BCUT2D eigenvalue weighted by Gasteiger charge is -2.02. The molecule has 0 bridgehead atoms. The van der Waals surface area contributed by atoms with Crippen LogP contribution in [0.2, 0.25) is 0 Å². The molecular formula is C13H18ClN3O. The van der Waals surface area contributed by atoms with Crippen LogP contribution in [0.25, 0.3) is 5.69 Å². The summed E-state index contributed by atoms with van der Waals surface area (Å²) >= 11 is 0. The predicted octanol–water partition coefficient (Wildman–Crippen LogP) is 1.68. The minimum Gasteiger partial charge on any atom is -0.395 e. The Bertz CT molecular complexity index is 485. The van der Waals surface area contributed by atoms with Crippen molar-refractivity contribution in [1.29, 1.82) is 0 Å². The van der Waals surface area contributed by atoms with Crippen LogP contribution in [0.1, 0.15) is 11.1 Å². The second kappa shape index (κ2) is 7.16. The van der Waals surface area contributed by atoms with E-state index >= 15 is 0 Å². The smallest absolute Gasteiger partial charge is 0.0648 e. The number of aliphatic hydroxyl groups is 1. The topological polar surface area (TPSA) is 50.1 Å². The molecule has 98 valence electrons. The maximum atomic E-state index is 8.67. The lowest BCUT2D eigenvalue weighted by atomic mass is 10.2. The SMILES string of the molecule is Cc1cccc(-n2cc(CNCCO)cn2)c1.Cl. The molecule has 2 N–H and O–H groups in total. The molecule has 0 aliphatic carbocycles. The molecule has 0 saturated carbocycles. The second-order valence-corrected chi connectivity index (χ2v) is 4.03. The van der Waals surface area contributed by atoms with Gasteiger partial charge in [-0.15, -0.1) is 12.4 Å². The zero-order valence-electron chi connectivity index (χ0n) is 10.3. The molecule has 0 fully saturated rings. The number of hydrogen-bond donors (Lipinski definition) is 2. The fraction of sp³-hybridized carbons (Fsp3) is 0.308. The number of nitrogens with zero attached hydrogens (tertiary/aromatic N) is 2. The summed E-state index contributed by atoms with van der Waals surface area (Å²) in [6.45, 7) is 3.56. The van der Waals surface area contributed by atoms with Crippen molar-refractivity contribution in [2.24, 2.45) is 0 Å². The Kier molecular flexibility index (Phi) is 5.85. The van der Waals surface area contributed by atoms with Crippen molar-refractivity contribution < 1.29 is 5.11 Å². The van der Waals surface area contributed by atoms with Gasteiger partial charge in [0.15, 0.2) is 0 Å². The average Bonchev–Trinajstić information content (AvgIpc) is 2.78. The third-order valence-corrected chi connectivity index (χ3v) is 2.52. The van der Waals surface area contributed by atoms with E-state index in [-0.39, 0.29) is 19.0 Å². The van der Waals surface area contributed by atoms with Gasteiger partial charge in [-0.25, -0.2) is 4.68 Å². The van der Waals surface area contributed by atoms with Crippen molar-refractivity contribution in [3.63, 3.8) is 0 Å². The van der Waals surface area contributed by atoms with E-state index in [0.717, 1.165) is 17.8 Å². The number of hydrogen-bond acceptors (Lipinski definition) is 3. The third-order valence-electron chi connectivity index (χ3n) is 2.52. The van der Waals surface area contributed by atoms with Gasteiger partial charge in [-0.1, -0.05) is 12.1 Å². The van der Waals surface area contributed by atoms with E-state index in [9.17, 15) is 0 Å². The van der Waals surface area contributed by atoms with Crippen molar-refractivity contribution >= 4 is 12.4 Å². The van der Waals surface area contributed by atoms with Crippen LogP contribution in [0.5, 0.6) is 0 Å².